The fourth-order valence-corrected chi connectivity index (χ4v) is 3.01. The van der Waals surface area contributed by atoms with Crippen LogP contribution in [0.5, 0.6) is 0 Å². The van der Waals surface area contributed by atoms with E-state index in [1.165, 1.54) is 16.5 Å². The van der Waals surface area contributed by atoms with E-state index in [9.17, 15) is 8.42 Å². The van der Waals surface area contributed by atoms with Gasteiger partial charge in [-0.3, -0.25) is 0 Å². The van der Waals surface area contributed by atoms with Crippen LogP contribution in [0.2, 0.25) is 0 Å². The average Bonchev–Trinajstić information content (AvgIpc) is 2.79. The molecule has 0 amide bonds. The molecule has 0 aliphatic carbocycles. The lowest BCUT2D eigenvalue weighted by atomic mass is 10.2. The first-order valence-electron chi connectivity index (χ1n) is 5.59. The summed E-state index contributed by atoms with van der Waals surface area (Å²) >= 11 is 0. The summed E-state index contributed by atoms with van der Waals surface area (Å²) in [4.78, 5) is 4.13. The average molecular weight is 265 g/mol. The van der Waals surface area contributed by atoms with Gasteiger partial charge < -0.3 is 5.73 Å². The third-order valence-corrected chi connectivity index (χ3v) is 4.37. The van der Waals surface area contributed by atoms with Gasteiger partial charge >= 0.3 is 0 Å². The van der Waals surface area contributed by atoms with Crippen molar-refractivity contribution in [3.05, 3.63) is 48.0 Å². The Hall–Kier alpha value is -1.66. The minimum Gasteiger partial charge on any atom is -0.330 e. The second-order valence-electron chi connectivity index (χ2n) is 4.04. The number of benzene rings is 1. The lowest BCUT2D eigenvalue weighted by molar-refractivity contribution is 0.585. The van der Waals surface area contributed by atoms with Gasteiger partial charge in [0.1, 0.15) is 6.33 Å². The monoisotopic (exact) mass is 265 g/mol. The largest absolute Gasteiger partial charge is 0.330 e. The van der Waals surface area contributed by atoms with Gasteiger partial charge in [-0.15, -0.1) is 0 Å². The Morgan fingerprint density at radius 2 is 1.94 bits per heavy atom. The van der Waals surface area contributed by atoms with E-state index in [1.807, 2.05) is 6.92 Å². The van der Waals surface area contributed by atoms with Crippen LogP contribution in [-0.2, 0) is 16.4 Å². The predicted octanol–water partition coefficient (Wildman–Crippen LogP) is 0.930. The minimum absolute atomic E-state index is 0.254. The van der Waals surface area contributed by atoms with Gasteiger partial charge in [-0.2, -0.15) is 0 Å². The molecule has 2 rings (SSSR count). The third-order valence-electron chi connectivity index (χ3n) is 2.66. The normalized spacial score (nSPS) is 11.7. The Morgan fingerprint density at radius 1 is 1.28 bits per heavy atom. The van der Waals surface area contributed by atoms with Crippen LogP contribution in [0, 0.1) is 6.92 Å². The van der Waals surface area contributed by atoms with E-state index < -0.39 is 10.0 Å². The predicted molar refractivity (Wildman–Crippen MR) is 68.7 cm³/mol. The van der Waals surface area contributed by atoms with Crippen LogP contribution in [0.4, 0.5) is 0 Å². The van der Waals surface area contributed by atoms with E-state index in [4.69, 9.17) is 5.73 Å². The quantitative estimate of drug-likeness (QED) is 0.892. The molecule has 18 heavy (non-hydrogen) atoms. The number of nitrogens with zero attached hydrogens (tertiary/aromatic N) is 2. The van der Waals surface area contributed by atoms with Crippen LogP contribution < -0.4 is 5.73 Å². The zero-order valence-corrected chi connectivity index (χ0v) is 10.9. The van der Waals surface area contributed by atoms with Crippen molar-refractivity contribution in [2.45, 2.75) is 18.2 Å². The van der Waals surface area contributed by atoms with Crippen LogP contribution in [0.1, 0.15) is 11.3 Å². The van der Waals surface area contributed by atoms with Gasteiger partial charge in [0.25, 0.3) is 10.0 Å². The molecule has 5 nitrogen and oxygen atoms in total. The number of hydrogen-bond donors (Lipinski definition) is 1. The van der Waals surface area contributed by atoms with Crippen molar-refractivity contribution in [2.75, 3.05) is 6.54 Å². The highest BCUT2D eigenvalue weighted by Crippen LogP contribution is 2.16. The SMILES string of the molecule is Cc1ccc(S(=O)(=O)n2cncc2CCN)cc1. The molecule has 1 heterocycles. The highest BCUT2D eigenvalue weighted by atomic mass is 32.2. The zero-order chi connectivity index (χ0) is 13.2. The van der Waals surface area contributed by atoms with E-state index in [0.717, 1.165) is 5.56 Å². The molecule has 2 N–H and O–H groups in total. The molecule has 0 radical (unpaired) electrons. The van der Waals surface area contributed by atoms with E-state index in [2.05, 4.69) is 4.98 Å². The Bertz CT molecular complexity index is 630. The van der Waals surface area contributed by atoms with Gasteiger partial charge in [-0.05, 0) is 25.6 Å². The molecule has 96 valence electrons. The molecule has 0 spiro atoms. The Kier molecular flexibility index (Phi) is 3.49. The molecular formula is C12H15N3O2S. The molecule has 1 aromatic heterocycles. The molecule has 6 heteroatoms. The van der Waals surface area contributed by atoms with Gasteiger partial charge in [0.05, 0.1) is 10.6 Å². The third kappa shape index (κ3) is 2.30. The minimum atomic E-state index is -3.57. The van der Waals surface area contributed by atoms with Crippen LogP contribution in [0.25, 0.3) is 0 Å². The first-order valence-corrected chi connectivity index (χ1v) is 7.03. The Morgan fingerprint density at radius 3 is 2.56 bits per heavy atom. The van der Waals surface area contributed by atoms with Crippen molar-refractivity contribution < 1.29 is 8.42 Å². The van der Waals surface area contributed by atoms with Crippen LogP contribution in [0.3, 0.4) is 0 Å². The molecule has 1 aromatic carbocycles. The lowest BCUT2D eigenvalue weighted by Crippen LogP contribution is -2.17. The number of imidazole rings is 1. The van der Waals surface area contributed by atoms with Crippen molar-refractivity contribution >= 4 is 10.0 Å². The van der Waals surface area contributed by atoms with Crippen molar-refractivity contribution in [3.63, 3.8) is 0 Å². The van der Waals surface area contributed by atoms with Crippen molar-refractivity contribution in [3.8, 4) is 0 Å². The number of aromatic nitrogens is 2. The van der Waals surface area contributed by atoms with Crippen molar-refractivity contribution in [1.29, 1.82) is 0 Å². The first-order chi connectivity index (χ1) is 8.55. The van der Waals surface area contributed by atoms with Gasteiger partial charge in [0.15, 0.2) is 0 Å². The van der Waals surface area contributed by atoms with Gasteiger partial charge in [0, 0.05) is 12.6 Å². The number of aryl methyl sites for hydroxylation is 1. The summed E-state index contributed by atoms with van der Waals surface area (Å²) in [6.45, 7) is 2.29. The van der Waals surface area contributed by atoms with E-state index >= 15 is 0 Å². The van der Waals surface area contributed by atoms with Gasteiger partial charge in [0.2, 0.25) is 0 Å². The summed E-state index contributed by atoms with van der Waals surface area (Å²) in [5, 5.41) is 0. The molecule has 0 atom stereocenters. The standard InChI is InChI=1S/C12H15N3O2S/c1-10-2-4-12(5-3-10)18(16,17)15-9-14-8-11(15)6-7-13/h2-5,8-9H,6-7,13H2,1H3. The molecule has 0 saturated heterocycles. The van der Waals surface area contributed by atoms with E-state index in [-0.39, 0.29) is 4.90 Å². The van der Waals surface area contributed by atoms with E-state index in [1.54, 1.807) is 24.3 Å². The second kappa shape index (κ2) is 4.91. The van der Waals surface area contributed by atoms with Gasteiger partial charge in [-0.25, -0.2) is 17.4 Å². The molecular weight excluding hydrogens is 250 g/mol. The maximum Gasteiger partial charge on any atom is 0.269 e. The van der Waals surface area contributed by atoms with E-state index in [0.29, 0.717) is 18.7 Å². The molecule has 2 aromatic rings. The summed E-state index contributed by atoms with van der Waals surface area (Å²) < 4.78 is 26.0. The van der Waals surface area contributed by atoms with Crippen LogP contribution in [0.15, 0.2) is 41.7 Å². The molecule has 0 fully saturated rings. The topological polar surface area (TPSA) is 78.0 Å². The maximum absolute atomic E-state index is 12.4. The first kappa shape index (κ1) is 12.8. The van der Waals surface area contributed by atoms with Crippen molar-refractivity contribution in [2.24, 2.45) is 5.73 Å². The summed E-state index contributed by atoms with van der Waals surface area (Å²) in [6, 6.07) is 6.73. The second-order valence-corrected chi connectivity index (χ2v) is 5.85. The Balaban J connectivity index is 2.48. The zero-order valence-electron chi connectivity index (χ0n) is 10.1. The maximum atomic E-state index is 12.4. The summed E-state index contributed by atoms with van der Waals surface area (Å²) in [5.74, 6) is 0. The number of rotatable bonds is 4. The highest BCUT2D eigenvalue weighted by Gasteiger charge is 2.19. The lowest BCUT2D eigenvalue weighted by Gasteiger charge is -2.09. The fourth-order valence-electron chi connectivity index (χ4n) is 1.67. The van der Waals surface area contributed by atoms with Gasteiger partial charge in [-0.1, -0.05) is 17.7 Å². The van der Waals surface area contributed by atoms with Crippen LogP contribution in [-0.4, -0.2) is 23.9 Å². The Labute approximate surface area is 106 Å². The highest BCUT2D eigenvalue weighted by molar-refractivity contribution is 7.90. The smallest absolute Gasteiger partial charge is 0.269 e. The van der Waals surface area contributed by atoms with Crippen molar-refractivity contribution in [1.82, 2.24) is 8.96 Å². The molecule has 0 aliphatic heterocycles. The fraction of sp³-hybridized carbons (Fsp3) is 0.250. The number of hydrogen-bond acceptors (Lipinski definition) is 4. The summed E-state index contributed by atoms with van der Waals surface area (Å²) in [7, 11) is -3.57. The summed E-state index contributed by atoms with van der Waals surface area (Å²) in [6.07, 6.45) is 3.31. The molecule has 0 aliphatic rings. The molecule has 0 unspecified atom stereocenters. The molecule has 0 saturated carbocycles. The molecule has 0 bridgehead atoms. The number of nitrogens with two attached hydrogens (primary N) is 1. The van der Waals surface area contributed by atoms with Crippen LogP contribution >= 0.6 is 0 Å². The summed E-state index contributed by atoms with van der Waals surface area (Å²) in [5.41, 5.74) is 7.07.